The Bertz CT molecular complexity index is 121. The van der Waals surface area contributed by atoms with Gasteiger partial charge < -0.3 is 9.88 Å². The van der Waals surface area contributed by atoms with E-state index in [0.29, 0.717) is 0 Å². The van der Waals surface area contributed by atoms with Crippen molar-refractivity contribution < 1.29 is 37.5 Å². The normalized spacial score (nSPS) is 14.4. The molecular weight excluding hydrogens is 234 g/mol. The summed E-state index contributed by atoms with van der Waals surface area (Å²) in [6.07, 6.45) is 4.54. The van der Waals surface area contributed by atoms with Gasteiger partial charge in [-0.15, -0.1) is 6.58 Å². The van der Waals surface area contributed by atoms with E-state index in [1.54, 1.807) is 6.08 Å². The molecule has 0 aromatic carbocycles. The predicted molar refractivity (Wildman–Crippen MR) is 46.3 cm³/mol. The van der Waals surface area contributed by atoms with Crippen molar-refractivity contribution >= 4 is 15.7 Å². The molecule has 2 nitrogen and oxygen atoms in total. The summed E-state index contributed by atoms with van der Waals surface area (Å²) in [4.78, 5) is 10.2. The topological polar surface area (TPSA) is 29.1 Å². The molecule has 0 amide bonds. The number of hydrogen-bond acceptors (Lipinski definition) is 2. The second-order valence-electron chi connectivity index (χ2n) is 2.26. The Balaban J connectivity index is 0. The monoisotopic (exact) mass is 247 g/mol. The quantitative estimate of drug-likeness (QED) is 0.447. The Morgan fingerprint density at radius 3 is 2.64 bits per heavy atom. The van der Waals surface area contributed by atoms with Crippen molar-refractivity contribution in [2.75, 3.05) is 0 Å². The summed E-state index contributed by atoms with van der Waals surface area (Å²) < 4.78 is 0. The van der Waals surface area contributed by atoms with Gasteiger partial charge >= 0.3 is 0 Å². The minimum Gasteiger partial charge on any atom is -0.540 e. The van der Waals surface area contributed by atoms with Gasteiger partial charge in [-0.3, -0.25) is 0 Å². The third-order valence-electron chi connectivity index (χ3n) is 1.41. The first-order valence-electron chi connectivity index (χ1n) is 3.21. The van der Waals surface area contributed by atoms with Crippen LogP contribution in [0.4, 0.5) is 0 Å². The van der Waals surface area contributed by atoms with E-state index in [2.05, 4.69) is 21.1 Å². The molecule has 3 atom stereocenters. The van der Waals surface area contributed by atoms with Crippen LogP contribution < -0.4 is 5.09 Å². The van der Waals surface area contributed by atoms with Crippen molar-refractivity contribution in [1.82, 2.24) is 5.09 Å². The van der Waals surface area contributed by atoms with E-state index in [1.807, 2.05) is 13.2 Å². The Labute approximate surface area is 95.7 Å². The third-order valence-corrected chi connectivity index (χ3v) is 1.77. The summed E-state index contributed by atoms with van der Waals surface area (Å²) in [6.45, 7) is 5.57. The first-order valence-corrected chi connectivity index (χ1v) is 3.78. The Kier molecular flexibility index (Phi) is 11.8. The summed E-state index contributed by atoms with van der Waals surface area (Å²) in [6, 6.07) is -0.192. The second kappa shape index (κ2) is 9.00. The van der Waals surface area contributed by atoms with Gasteiger partial charge in [-0.25, -0.2) is 6.29 Å². The number of rotatable bonds is 5. The molecule has 0 aliphatic carbocycles. The summed E-state index contributed by atoms with van der Waals surface area (Å²) in [5.41, 5.74) is 0. The van der Waals surface area contributed by atoms with Crippen LogP contribution in [0.2, 0.25) is 0 Å². The zero-order chi connectivity index (χ0) is 7.98. The Hall–Kier alpha value is 0.904. The van der Waals surface area contributed by atoms with E-state index in [-0.39, 0.29) is 44.7 Å². The molecule has 1 radical (unpaired) electrons. The van der Waals surface area contributed by atoms with Crippen LogP contribution in [0.15, 0.2) is 12.7 Å². The van der Waals surface area contributed by atoms with Gasteiger partial charge in [-0.05, 0) is 12.3 Å². The van der Waals surface area contributed by atoms with E-state index in [4.69, 9.17) is 0 Å². The zero-order valence-electron chi connectivity index (χ0n) is 6.71. The second-order valence-corrected chi connectivity index (χ2v) is 2.60. The fraction of sp³-hybridized carbons (Fsp3) is 0.571. The molecule has 0 aliphatic rings. The molecule has 0 aliphatic heterocycles. The van der Waals surface area contributed by atoms with Crippen molar-refractivity contribution in [3.63, 3.8) is 0 Å². The minimum absolute atomic E-state index is 0. The van der Waals surface area contributed by atoms with Crippen LogP contribution in [0, 0.1) is 5.92 Å². The number of carbonyl (C=O) groups excluding carboxylic acids is 1. The fourth-order valence-corrected chi connectivity index (χ4v) is 1.11. The zero-order valence-corrected chi connectivity index (χ0v) is 10.7. The first kappa shape index (κ1) is 14.4. The molecular formula is C7H13NOPY-. The third kappa shape index (κ3) is 6.10. The number of allylic oxidation sites excluding steroid dienone is 1. The molecule has 0 heterocycles. The van der Waals surface area contributed by atoms with Crippen LogP contribution in [0.25, 0.3) is 0 Å². The van der Waals surface area contributed by atoms with E-state index >= 15 is 0 Å². The van der Waals surface area contributed by atoms with E-state index < -0.39 is 0 Å². The largest absolute Gasteiger partial charge is 0.540 e. The van der Waals surface area contributed by atoms with Gasteiger partial charge in [0.05, 0.1) is 0 Å². The van der Waals surface area contributed by atoms with Gasteiger partial charge in [-0.2, -0.15) is 0 Å². The summed E-state index contributed by atoms with van der Waals surface area (Å²) in [5, 5.41) is 2.78. The van der Waals surface area contributed by atoms with Crippen molar-refractivity contribution in [3.05, 3.63) is 12.7 Å². The molecule has 0 saturated carbocycles. The molecule has 4 heteroatoms. The summed E-state index contributed by atoms with van der Waals surface area (Å²) in [7, 11) is 2.31. The van der Waals surface area contributed by atoms with E-state index in [0.717, 1.165) is 6.42 Å². The average Bonchev–Trinajstić information content (AvgIpc) is 1.91. The predicted octanol–water partition coefficient (Wildman–Crippen LogP) is 1.05. The van der Waals surface area contributed by atoms with Crippen LogP contribution >= 0.6 is 9.39 Å². The first-order chi connectivity index (χ1) is 4.76. The Morgan fingerprint density at radius 2 is 2.36 bits per heavy atom. The Morgan fingerprint density at radius 1 is 1.82 bits per heavy atom. The van der Waals surface area contributed by atoms with Gasteiger partial charge in [0, 0.05) is 32.7 Å². The van der Waals surface area contributed by atoms with Gasteiger partial charge in [0.15, 0.2) is 0 Å². The maximum absolute atomic E-state index is 10.2. The molecule has 0 fully saturated rings. The van der Waals surface area contributed by atoms with E-state index in [1.165, 1.54) is 0 Å². The SMILES string of the molecule is C=CCC(C)C([C-]=O)NP.[Y]. The van der Waals surface area contributed by atoms with E-state index in [9.17, 15) is 4.79 Å². The molecule has 61 valence electrons. The van der Waals surface area contributed by atoms with Gasteiger partial charge in [-0.1, -0.05) is 28.4 Å². The number of hydrogen-bond donors (Lipinski definition) is 1. The van der Waals surface area contributed by atoms with Gasteiger partial charge in [0.25, 0.3) is 0 Å². The molecule has 0 aromatic heterocycles. The van der Waals surface area contributed by atoms with Crippen LogP contribution in [-0.4, -0.2) is 12.3 Å². The van der Waals surface area contributed by atoms with Crippen LogP contribution in [0.5, 0.6) is 0 Å². The fourth-order valence-electron chi connectivity index (χ4n) is 0.713. The molecule has 11 heavy (non-hydrogen) atoms. The summed E-state index contributed by atoms with van der Waals surface area (Å²) >= 11 is 0. The molecule has 0 bridgehead atoms. The molecule has 0 saturated heterocycles. The van der Waals surface area contributed by atoms with Gasteiger partial charge in [0.2, 0.25) is 0 Å². The summed E-state index contributed by atoms with van der Waals surface area (Å²) in [5.74, 6) is 0.271. The van der Waals surface area contributed by atoms with Crippen LogP contribution in [0.1, 0.15) is 13.3 Å². The molecule has 0 aromatic rings. The molecule has 3 unspecified atom stereocenters. The van der Waals surface area contributed by atoms with Crippen LogP contribution in [0.3, 0.4) is 0 Å². The molecule has 1 N–H and O–H groups in total. The number of nitrogens with one attached hydrogen (secondary N) is 1. The van der Waals surface area contributed by atoms with Crippen molar-refractivity contribution in [2.24, 2.45) is 5.92 Å². The van der Waals surface area contributed by atoms with Crippen molar-refractivity contribution in [3.8, 4) is 0 Å². The maximum Gasteiger partial charge on any atom is 0 e. The van der Waals surface area contributed by atoms with Crippen molar-refractivity contribution in [2.45, 2.75) is 19.4 Å². The van der Waals surface area contributed by atoms with Crippen molar-refractivity contribution in [1.29, 1.82) is 0 Å². The minimum atomic E-state index is -0.192. The molecule has 0 rings (SSSR count). The van der Waals surface area contributed by atoms with Gasteiger partial charge in [0.1, 0.15) is 0 Å². The maximum atomic E-state index is 10.2. The van der Waals surface area contributed by atoms with Crippen LogP contribution in [-0.2, 0) is 37.5 Å². The average molecular weight is 247 g/mol. The smallest absolute Gasteiger partial charge is 0 e. The molecule has 0 spiro atoms. The standard InChI is InChI=1S/C7H13NOP.Y/c1-3-4-6(2)7(5-9)8-10;/h3,6-8H,1,4,10H2,2H3;/q-1;.